The molecule has 2 amide bonds. The molecule has 0 saturated heterocycles. The Hall–Kier alpha value is -13.9. The number of alkyl halides is 18. The predicted octanol–water partition coefficient (Wildman–Crippen LogP) is 16.6. The molecule has 0 spiro atoms. The average molecular weight is 2060 g/mol. The van der Waals surface area contributed by atoms with Gasteiger partial charge in [0.2, 0.25) is 47.1 Å². The van der Waals surface area contributed by atoms with Gasteiger partial charge >= 0.3 is 61.0 Å². The van der Waals surface area contributed by atoms with Gasteiger partial charge in [-0.2, -0.15) is 115 Å². The maximum Gasteiger partial charge on any atom is 0.393 e. The molecule has 0 bridgehead atoms. The number of ketones is 5. The minimum Gasteiger partial charge on any atom is -0.481 e. The van der Waals surface area contributed by atoms with Crippen LogP contribution in [-0.4, -0.2) is 182 Å². The summed E-state index contributed by atoms with van der Waals surface area (Å²) in [5.74, 6) is -9.98. The molecular weight excluding hydrogens is 1980 g/mol. The smallest absolute Gasteiger partial charge is 0.393 e. The van der Waals surface area contributed by atoms with Gasteiger partial charge in [-0.1, -0.05) is 95.5 Å². The van der Waals surface area contributed by atoms with Crippen molar-refractivity contribution < 1.29 is 161 Å². The van der Waals surface area contributed by atoms with Crippen LogP contribution in [0.4, 0.5) is 79.0 Å². The number of ether oxygens (including phenoxy) is 6. The quantitative estimate of drug-likeness (QED) is 0.00886. The van der Waals surface area contributed by atoms with Crippen molar-refractivity contribution >= 4 is 99.1 Å². The predicted molar refractivity (Wildman–Crippen MR) is 453 cm³/mol. The molecule has 2 aliphatic rings. The Morgan fingerprint density at radius 1 is 0.468 bits per heavy atom. The molecule has 0 aliphatic carbocycles. The van der Waals surface area contributed by atoms with Crippen LogP contribution >= 0.6 is 46.4 Å². The van der Waals surface area contributed by atoms with Gasteiger partial charge in [0.1, 0.15) is 58.3 Å². The number of aliphatic hydroxyl groups excluding tert-OH is 2. The van der Waals surface area contributed by atoms with Crippen molar-refractivity contribution in [3.05, 3.63) is 242 Å². The molecule has 0 radical (unpaired) electrons. The number of aryl methyl sites for hydroxylation is 3. The molecular formula is C87H77Cl4F18N13O17. The van der Waals surface area contributed by atoms with Crippen molar-refractivity contribution in [3.63, 3.8) is 0 Å². The van der Waals surface area contributed by atoms with E-state index in [1.165, 1.54) is 83.7 Å². The summed E-state index contributed by atoms with van der Waals surface area (Å²) >= 11 is 21.7. The highest BCUT2D eigenvalue weighted by atomic mass is 35.5. The lowest BCUT2D eigenvalue weighted by Gasteiger charge is -2.36. The van der Waals surface area contributed by atoms with E-state index in [4.69, 9.17) is 85.9 Å². The van der Waals surface area contributed by atoms with Gasteiger partial charge in [0, 0.05) is 28.8 Å². The van der Waals surface area contributed by atoms with Crippen LogP contribution in [-0.2, 0) is 70.7 Å². The fourth-order valence-corrected chi connectivity index (χ4v) is 12.6. The number of carbonyl (C=O) groups is 9. The van der Waals surface area contributed by atoms with Crippen LogP contribution in [0.15, 0.2) is 138 Å². The highest BCUT2D eigenvalue weighted by Crippen LogP contribution is 2.38. The fraction of sp³-hybridized carbons (Fsp3) is 0.333. The summed E-state index contributed by atoms with van der Waals surface area (Å²) in [5.41, 5.74) is -0.654. The molecule has 0 saturated carbocycles. The van der Waals surface area contributed by atoms with Gasteiger partial charge in [-0.05, 0) is 136 Å². The van der Waals surface area contributed by atoms with Crippen LogP contribution in [0.1, 0.15) is 144 Å². The topological polar surface area (TPSA) is 438 Å². The zero-order chi connectivity index (χ0) is 105. The number of Topliss-reactive ketones (excluding diaryl/α,β-unsaturated/α-hetero) is 4. The highest BCUT2D eigenvalue weighted by molar-refractivity contribution is 6.36. The molecule has 10 rings (SSSR count). The van der Waals surface area contributed by atoms with E-state index in [1.54, 1.807) is 57.2 Å². The molecule has 139 heavy (non-hydrogen) atoms. The summed E-state index contributed by atoms with van der Waals surface area (Å²) in [7, 11) is 4.82. The first-order valence-corrected chi connectivity index (χ1v) is 40.5. The number of hydrogen-bond acceptors (Lipinski definition) is 28. The number of benzene rings is 5. The Morgan fingerprint density at radius 3 is 1.26 bits per heavy atom. The lowest BCUT2D eigenvalue weighted by Crippen LogP contribution is -2.54. The van der Waals surface area contributed by atoms with Crippen molar-refractivity contribution in [1.82, 2.24) is 50.8 Å². The number of nitrogens with zero attached hydrogens (tertiary/aromatic N) is 10. The zero-order valence-electron chi connectivity index (χ0n) is 73.6. The van der Waals surface area contributed by atoms with Gasteiger partial charge in [0.25, 0.3) is 11.8 Å². The van der Waals surface area contributed by atoms with Gasteiger partial charge in [-0.25, -0.2) is 9.97 Å². The number of aliphatic hydroxyl groups is 2. The summed E-state index contributed by atoms with van der Waals surface area (Å²) in [6.07, 6.45) is -39.6. The molecule has 0 fully saturated rings. The van der Waals surface area contributed by atoms with Crippen molar-refractivity contribution in [3.8, 4) is 42.0 Å². The molecule has 746 valence electrons. The number of hydrogen-bond donors (Lipinski definition) is 5. The zero-order valence-corrected chi connectivity index (χ0v) is 76.6. The van der Waals surface area contributed by atoms with E-state index < -0.39 is 181 Å². The lowest BCUT2D eigenvalue weighted by atomic mass is 9.96. The molecule has 3 atom stereocenters. The number of amides is 2. The molecule has 5 heterocycles. The summed E-state index contributed by atoms with van der Waals surface area (Å²) in [4.78, 5) is 129. The molecule has 3 aromatic heterocycles. The van der Waals surface area contributed by atoms with Gasteiger partial charge < -0.3 is 59.5 Å². The van der Waals surface area contributed by atoms with Crippen LogP contribution in [0.5, 0.6) is 23.8 Å². The average Bonchev–Trinajstić information content (AvgIpc) is 0.781. The fourth-order valence-electron chi connectivity index (χ4n) is 11.6. The van der Waals surface area contributed by atoms with Crippen molar-refractivity contribution in [2.24, 2.45) is 5.92 Å². The normalized spacial score (nSPS) is 13.7. The van der Waals surface area contributed by atoms with Crippen LogP contribution in [0.3, 0.4) is 0 Å². The second-order valence-electron chi connectivity index (χ2n) is 28.6. The Kier molecular flexibility index (Phi) is 44.5. The lowest BCUT2D eigenvalue weighted by molar-refractivity contribution is -0.171. The maximum atomic E-state index is 13.0. The number of methoxy groups -OCH3 is 4. The third-order valence-corrected chi connectivity index (χ3v) is 18.5. The molecule has 8 aromatic rings. The number of esters is 2. The Labute approximate surface area is 797 Å². The first-order chi connectivity index (χ1) is 64.5. The maximum absolute atomic E-state index is 13.0. The second kappa shape index (κ2) is 52.6. The number of allylic oxidation sites excluding steroid dienone is 2. The number of halogens is 22. The summed E-state index contributed by atoms with van der Waals surface area (Å²) in [5, 5.41) is 51.0. The number of nitriles is 3. The summed E-state index contributed by atoms with van der Waals surface area (Å²) in [6.45, 7) is 8.80. The van der Waals surface area contributed by atoms with E-state index in [0.29, 0.717) is 22.3 Å². The highest BCUT2D eigenvalue weighted by Gasteiger charge is 2.44. The van der Waals surface area contributed by atoms with E-state index in [0.717, 1.165) is 24.5 Å². The van der Waals surface area contributed by atoms with E-state index in [2.05, 4.69) is 40.0 Å². The second-order valence-corrected chi connectivity index (χ2v) is 30.0. The van der Waals surface area contributed by atoms with E-state index in [-0.39, 0.29) is 115 Å². The first-order valence-electron chi connectivity index (χ1n) is 39.0. The molecule has 5 aromatic carbocycles. The van der Waals surface area contributed by atoms with Gasteiger partial charge in [-0.15, -0.1) is 0 Å². The number of nitrogens with one attached hydrogen (secondary N) is 3. The first kappa shape index (κ1) is 117. The third kappa shape index (κ3) is 40.4. The molecule has 52 heteroatoms. The number of likely N-dealkylation sites (N-methyl/N-ethyl adjacent to an activating group) is 1. The monoisotopic (exact) mass is 2060 g/mol. The molecule has 5 N–H and O–H groups in total. The minimum atomic E-state index is -4.72. The third-order valence-electron chi connectivity index (χ3n) is 17.4. The Bertz CT molecular complexity index is 5930. The van der Waals surface area contributed by atoms with E-state index >= 15 is 0 Å². The SMILES string of the molecule is CC(=O)C(CC(F)(F)F)C(=O)OCc1ccccc1.CC(=O)CC(=O)OCc1ccccc1.CCN1C(C(=O)c2cc(C)cc(C#N)c2)=C(CC(F)(F)F)C(=O)NC1O.COc1nc(Cl)c(CC(F)(F)F)c(OC)n1.COc1nc(OC)c(CC(F)(F)F)c(C(=O)c2cc(C)cc(C#N)c2)n1.Cc1cc(C#N)cc(C(=O)C2=C(CC(F)(F)F)C(=O)NC(O)N2)c1.FC(F)(F)Cc1c(Cl)nc(Cl)nc1Cl. The van der Waals surface area contributed by atoms with Crippen molar-refractivity contribution in [2.75, 3.05) is 35.0 Å². The van der Waals surface area contributed by atoms with Gasteiger partial charge in [0.15, 0.2) is 0 Å². The number of rotatable bonds is 25. The van der Waals surface area contributed by atoms with Crippen LogP contribution in [0.25, 0.3) is 0 Å². The number of carbonyl (C=O) groups excluding carboxylic acids is 9. The largest absolute Gasteiger partial charge is 0.481 e. The Morgan fingerprint density at radius 2 is 0.856 bits per heavy atom. The molecule has 3 unspecified atom stereocenters. The molecule has 2 aliphatic heterocycles. The molecule has 30 nitrogen and oxygen atoms in total. The number of aromatic nitrogens is 6. The van der Waals surface area contributed by atoms with E-state index in [1.807, 2.05) is 59.2 Å². The summed E-state index contributed by atoms with van der Waals surface area (Å²) in [6, 6.07) is 35.6. The van der Waals surface area contributed by atoms with Crippen molar-refractivity contribution in [1.29, 1.82) is 15.8 Å². The van der Waals surface area contributed by atoms with Crippen LogP contribution in [0.2, 0.25) is 20.7 Å². The van der Waals surface area contributed by atoms with E-state index in [9.17, 15) is 132 Å². The van der Waals surface area contributed by atoms with Gasteiger partial charge in [0.05, 0.1) is 136 Å². The Balaban J connectivity index is 0.000000343. The summed E-state index contributed by atoms with van der Waals surface area (Å²) < 4.78 is 254. The van der Waals surface area contributed by atoms with Crippen LogP contribution in [0, 0.1) is 60.7 Å². The standard InChI is InChI=1S/C17H14F3N3O3.C17H16F3N3O3.C15H12F3N3O3.C13H13F3O3.C11H12O3.C8H8ClF3N2O2.C6H2Cl3F3N2/c1-9-4-10(8-21)6-11(5-9)14(24)13-12(7-17(18,19)20)15(25-2)23-16(22-13)26-3;1-3-23-13(12(7-17(18,19)20)15(25)22-16(23)26)14(24)11-5-9(2)4-10(6-11)8-21;1-7-2-8(6-19)4-9(3-7)12(22)11-10(5-15(16,17)18)13(23)21-14(24)20-11;1-9(17)11(7-13(14,15)16)12(18)19-8-10-5-3-2-4-6-10;1-9(12)7-11(13)14-8-10-5-3-2-4-6-10;1-15-6-4(3-8(10,11)12)5(9)13-7(14-6)16-2;7-3-2(1-6(10,11)12)4(8)14-5(9)13-3/h4-6H,7H2,1-3H3;4-6,16,26H,3,7H2,1-2H3,(H,22,25);2-4,14,20,24H,5H2,1H3,(H,21,23);2-6,11H,7-8H2,1H3;2-6H,7-8H2,1H3;3H2,1-2H3;1H2. The minimum absolute atomic E-state index is 0.0131. The van der Waals surface area contributed by atoms with Crippen LogP contribution < -0.4 is 34.9 Å². The van der Waals surface area contributed by atoms with Gasteiger partial charge in [-0.3, -0.25) is 43.2 Å². The van der Waals surface area contributed by atoms with Crippen molar-refractivity contribution in [2.45, 2.75) is 149 Å².